The minimum atomic E-state index is 0. The quantitative estimate of drug-likeness (QED) is 0.519. The average molecular weight is 287 g/mol. The van der Waals surface area contributed by atoms with Gasteiger partial charge in [-0.2, -0.15) is 0 Å². The van der Waals surface area contributed by atoms with E-state index in [1.807, 2.05) is 0 Å². The van der Waals surface area contributed by atoms with Gasteiger partial charge in [0.1, 0.15) is 12.4 Å². The molecule has 0 saturated heterocycles. The molecule has 0 N–H and O–H groups in total. The molecule has 0 saturated carbocycles. The SMILES string of the molecule is CCCCCCn1cc[n+]2c1CCCC2.[Br-]. The van der Waals surface area contributed by atoms with Crippen LogP contribution < -0.4 is 21.5 Å². The summed E-state index contributed by atoms with van der Waals surface area (Å²) >= 11 is 0. The Kier molecular flexibility index (Phi) is 6.10. The molecule has 1 aromatic rings. The molecule has 92 valence electrons. The zero-order valence-electron chi connectivity index (χ0n) is 10.3. The smallest absolute Gasteiger partial charge is 0.256 e. The van der Waals surface area contributed by atoms with Crippen molar-refractivity contribution in [3.05, 3.63) is 18.2 Å². The molecule has 0 aliphatic carbocycles. The fraction of sp³-hybridized carbons (Fsp3) is 0.769. The molecule has 0 bridgehead atoms. The van der Waals surface area contributed by atoms with Crippen LogP contribution in [0.1, 0.15) is 51.3 Å². The summed E-state index contributed by atoms with van der Waals surface area (Å²) in [6.07, 6.45) is 14.0. The first-order valence-corrected chi connectivity index (χ1v) is 6.49. The Morgan fingerprint density at radius 1 is 1.25 bits per heavy atom. The van der Waals surface area contributed by atoms with E-state index >= 15 is 0 Å². The lowest BCUT2D eigenvalue weighted by Crippen LogP contribution is -3.00. The predicted molar refractivity (Wildman–Crippen MR) is 61.7 cm³/mol. The summed E-state index contributed by atoms with van der Waals surface area (Å²) in [6, 6.07) is 0. The van der Waals surface area contributed by atoms with Gasteiger partial charge in [-0.1, -0.05) is 19.8 Å². The molecular formula is C13H23BrN2. The highest BCUT2D eigenvalue weighted by molar-refractivity contribution is 4.85. The number of aryl methyl sites for hydroxylation is 2. The number of hydrogen-bond acceptors (Lipinski definition) is 0. The van der Waals surface area contributed by atoms with Crippen LogP contribution >= 0.6 is 0 Å². The highest BCUT2D eigenvalue weighted by Crippen LogP contribution is 2.10. The van der Waals surface area contributed by atoms with E-state index in [1.165, 1.54) is 58.0 Å². The maximum atomic E-state index is 2.47. The third-order valence-corrected chi connectivity index (χ3v) is 3.39. The summed E-state index contributed by atoms with van der Waals surface area (Å²) in [7, 11) is 0. The molecule has 0 aromatic carbocycles. The summed E-state index contributed by atoms with van der Waals surface area (Å²) in [5, 5.41) is 0. The largest absolute Gasteiger partial charge is 1.00 e. The lowest BCUT2D eigenvalue weighted by atomic mass is 10.1. The molecule has 1 aliphatic rings. The monoisotopic (exact) mass is 286 g/mol. The van der Waals surface area contributed by atoms with Crippen molar-refractivity contribution in [3.8, 4) is 0 Å². The van der Waals surface area contributed by atoms with Gasteiger partial charge in [0.2, 0.25) is 0 Å². The van der Waals surface area contributed by atoms with Gasteiger partial charge in [0.15, 0.2) is 0 Å². The van der Waals surface area contributed by atoms with Crippen molar-refractivity contribution in [2.75, 3.05) is 0 Å². The highest BCUT2D eigenvalue weighted by atomic mass is 79.9. The number of halogens is 1. The second-order valence-electron chi connectivity index (χ2n) is 4.62. The first-order chi connectivity index (χ1) is 7.42. The van der Waals surface area contributed by atoms with Crippen LogP contribution in [0.15, 0.2) is 12.4 Å². The third-order valence-electron chi connectivity index (χ3n) is 3.39. The van der Waals surface area contributed by atoms with Crippen molar-refractivity contribution < 1.29 is 21.5 Å². The molecule has 0 amide bonds. The van der Waals surface area contributed by atoms with Crippen LogP contribution in [-0.4, -0.2) is 4.57 Å². The van der Waals surface area contributed by atoms with E-state index in [-0.39, 0.29) is 17.0 Å². The molecule has 0 unspecified atom stereocenters. The Labute approximate surface area is 109 Å². The molecular weight excluding hydrogens is 264 g/mol. The Balaban J connectivity index is 0.00000128. The fourth-order valence-corrected chi connectivity index (χ4v) is 2.47. The van der Waals surface area contributed by atoms with Gasteiger partial charge >= 0.3 is 0 Å². The standard InChI is InChI=1S/C13H23N2.BrH/c1-2-3-4-6-9-14-11-12-15-10-7-5-8-13(14)15;/h11-12H,2-10H2,1H3;1H/q+1;/p-1. The Morgan fingerprint density at radius 3 is 2.94 bits per heavy atom. The van der Waals surface area contributed by atoms with Gasteiger partial charge in [-0.15, -0.1) is 0 Å². The van der Waals surface area contributed by atoms with E-state index in [9.17, 15) is 0 Å². The van der Waals surface area contributed by atoms with Crippen LogP contribution in [-0.2, 0) is 19.5 Å². The molecule has 2 heterocycles. The summed E-state index contributed by atoms with van der Waals surface area (Å²) in [5.41, 5.74) is 0. The van der Waals surface area contributed by atoms with Crippen molar-refractivity contribution >= 4 is 0 Å². The average Bonchev–Trinajstić information content (AvgIpc) is 2.68. The number of hydrogen-bond donors (Lipinski definition) is 0. The lowest BCUT2D eigenvalue weighted by molar-refractivity contribution is -0.709. The fourth-order valence-electron chi connectivity index (χ4n) is 2.47. The minimum absolute atomic E-state index is 0. The van der Waals surface area contributed by atoms with Gasteiger partial charge in [-0.25, -0.2) is 9.13 Å². The third kappa shape index (κ3) is 3.34. The number of imidazole rings is 1. The number of rotatable bonds is 5. The van der Waals surface area contributed by atoms with Gasteiger partial charge < -0.3 is 17.0 Å². The zero-order valence-corrected chi connectivity index (χ0v) is 11.9. The molecule has 1 aliphatic heterocycles. The van der Waals surface area contributed by atoms with Crippen LogP contribution in [0.3, 0.4) is 0 Å². The molecule has 1 aromatic heterocycles. The van der Waals surface area contributed by atoms with Crippen molar-refractivity contribution in [2.45, 2.75) is 65.0 Å². The molecule has 16 heavy (non-hydrogen) atoms. The van der Waals surface area contributed by atoms with Crippen LogP contribution in [0.5, 0.6) is 0 Å². The molecule has 0 fully saturated rings. The molecule has 0 spiro atoms. The van der Waals surface area contributed by atoms with Gasteiger partial charge in [-0.3, -0.25) is 0 Å². The maximum absolute atomic E-state index is 2.47. The minimum Gasteiger partial charge on any atom is -1.00 e. The highest BCUT2D eigenvalue weighted by Gasteiger charge is 2.19. The van der Waals surface area contributed by atoms with Crippen molar-refractivity contribution in [2.24, 2.45) is 0 Å². The Morgan fingerprint density at radius 2 is 2.12 bits per heavy atom. The summed E-state index contributed by atoms with van der Waals surface area (Å²) in [5.74, 6) is 1.55. The summed E-state index contributed by atoms with van der Waals surface area (Å²) in [4.78, 5) is 0. The number of aromatic nitrogens is 2. The van der Waals surface area contributed by atoms with E-state index in [4.69, 9.17) is 0 Å². The second kappa shape index (κ2) is 7.10. The van der Waals surface area contributed by atoms with Crippen molar-refractivity contribution in [1.82, 2.24) is 4.57 Å². The maximum Gasteiger partial charge on any atom is 0.256 e. The molecule has 2 rings (SSSR count). The van der Waals surface area contributed by atoms with E-state index in [1.54, 1.807) is 5.82 Å². The first kappa shape index (κ1) is 13.8. The first-order valence-electron chi connectivity index (χ1n) is 6.49. The van der Waals surface area contributed by atoms with Gasteiger partial charge in [0.25, 0.3) is 5.82 Å². The van der Waals surface area contributed by atoms with Gasteiger partial charge in [0, 0.05) is 6.42 Å². The zero-order chi connectivity index (χ0) is 10.5. The molecule has 0 radical (unpaired) electrons. The summed E-state index contributed by atoms with van der Waals surface area (Å²) < 4.78 is 4.90. The topological polar surface area (TPSA) is 8.81 Å². The van der Waals surface area contributed by atoms with Crippen LogP contribution in [0, 0.1) is 0 Å². The van der Waals surface area contributed by atoms with Crippen molar-refractivity contribution in [1.29, 1.82) is 0 Å². The van der Waals surface area contributed by atoms with E-state index < -0.39 is 0 Å². The van der Waals surface area contributed by atoms with Gasteiger partial charge in [-0.05, 0) is 25.7 Å². The van der Waals surface area contributed by atoms with Gasteiger partial charge in [0.05, 0.1) is 13.1 Å². The van der Waals surface area contributed by atoms with Crippen LogP contribution in [0.4, 0.5) is 0 Å². The van der Waals surface area contributed by atoms with E-state index in [0.717, 1.165) is 0 Å². The Hall–Kier alpha value is -0.310. The Bertz CT molecular complexity index is 307. The van der Waals surface area contributed by atoms with E-state index in [2.05, 4.69) is 28.5 Å². The lowest BCUT2D eigenvalue weighted by Gasteiger charge is -2.09. The molecule has 0 atom stereocenters. The van der Waals surface area contributed by atoms with E-state index in [0.29, 0.717) is 0 Å². The normalized spacial score (nSPS) is 14.3. The predicted octanol–water partition coefficient (Wildman–Crippen LogP) is -0.304. The number of unbranched alkanes of at least 4 members (excludes halogenated alkanes) is 3. The van der Waals surface area contributed by atoms with Crippen molar-refractivity contribution in [3.63, 3.8) is 0 Å². The second-order valence-corrected chi connectivity index (χ2v) is 4.62. The number of fused-ring (bicyclic) bond motifs is 1. The molecule has 3 heteroatoms. The van der Waals surface area contributed by atoms with Crippen LogP contribution in [0.2, 0.25) is 0 Å². The molecule has 2 nitrogen and oxygen atoms in total. The number of nitrogens with zero attached hydrogens (tertiary/aromatic N) is 2. The summed E-state index contributed by atoms with van der Waals surface area (Å²) in [6.45, 7) is 4.73. The van der Waals surface area contributed by atoms with Crippen LogP contribution in [0.25, 0.3) is 0 Å².